The van der Waals surface area contributed by atoms with Gasteiger partial charge in [-0.1, -0.05) is 25.0 Å². The summed E-state index contributed by atoms with van der Waals surface area (Å²) in [6.07, 6.45) is 6.73. The summed E-state index contributed by atoms with van der Waals surface area (Å²) in [6.45, 7) is 0.610. The van der Waals surface area contributed by atoms with Crippen molar-refractivity contribution in [1.29, 1.82) is 0 Å². The molecule has 1 heterocycles. The highest BCUT2D eigenvalue weighted by Crippen LogP contribution is 2.18. The number of carbonyl (C=O) groups is 1. The number of rotatable bonds is 6. The number of hydrogen-bond acceptors (Lipinski definition) is 4. The lowest BCUT2D eigenvalue weighted by atomic mass is 10.1. The van der Waals surface area contributed by atoms with Gasteiger partial charge in [-0.3, -0.25) is 4.79 Å². The van der Waals surface area contributed by atoms with Crippen LogP contribution in [0.1, 0.15) is 41.7 Å². The van der Waals surface area contributed by atoms with Crippen LogP contribution in [0.15, 0.2) is 36.5 Å². The zero-order valence-corrected chi connectivity index (χ0v) is 13.5. The predicted molar refractivity (Wildman–Crippen MR) is 90.3 cm³/mol. The Balaban J connectivity index is 1.52. The van der Waals surface area contributed by atoms with Crippen LogP contribution in [0, 0.1) is 5.82 Å². The van der Waals surface area contributed by atoms with E-state index in [2.05, 4.69) is 20.6 Å². The largest absolute Gasteiger partial charge is 0.354 e. The normalized spacial score (nSPS) is 14.5. The topological polar surface area (TPSA) is 66.9 Å². The standard InChI is InChI=1S/C18H21FN4O/c19-14-7-5-13(6-8-14)9-11-20-18-21-12-10-16(23-18)17(24)22-15-3-1-2-4-15/h5-8,10,12,15H,1-4,9,11H2,(H,22,24)(H,20,21,23). The third kappa shape index (κ3) is 4.50. The monoisotopic (exact) mass is 328 g/mol. The van der Waals surface area contributed by atoms with Crippen LogP contribution in [-0.4, -0.2) is 28.5 Å². The van der Waals surface area contributed by atoms with Crippen molar-refractivity contribution in [3.63, 3.8) is 0 Å². The Labute approximate surface area is 140 Å². The molecule has 2 aromatic rings. The molecular weight excluding hydrogens is 307 g/mol. The number of nitrogens with zero attached hydrogens (tertiary/aromatic N) is 2. The van der Waals surface area contributed by atoms with Crippen molar-refractivity contribution in [3.8, 4) is 0 Å². The summed E-state index contributed by atoms with van der Waals surface area (Å²) in [6, 6.07) is 8.28. The molecule has 5 nitrogen and oxygen atoms in total. The molecule has 1 fully saturated rings. The van der Waals surface area contributed by atoms with Gasteiger partial charge in [-0.05, 0) is 43.0 Å². The van der Waals surface area contributed by atoms with Crippen LogP contribution in [0.3, 0.4) is 0 Å². The van der Waals surface area contributed by atoms with Crippen molar-refractivity contribution in [3.05, 3.63) is 53.6 Å². The third-order valence-corrected chi connectivity index (χ3v) is 4.19. The van der Waals surface area contributed by atoms with E-state index >= 15 is 0 Å². The van der Waals surface area contributed by atoms with Gasteiger partial charge < -0.3 is 10.6 Å². The van der Waals surface area contributed by atoms with E-state index in [1.165, 1.54) is 25.0 Å². The highest BCUT2D eigenvalue weighted by atomic mass is 19.1. The Morgan fingerprint density at radius 2 is 1.92 bits per heavy atom. The summed E-state index contributed by atoms with van der Waals surface area (Å²) >= 11 is 0. The molecule has 6 heteroatoms. The summed E-state index contributed by atoms with van der Waals surface area (Å²) in [5.41, 5.74) is 1.40. The number of aromatic nitrogens is 2. The van der Waals surface area contributed by atoms with Gasteiger partial charge in [0.1, 0.15) is 11.5 Å². The van der Waals surface area contributed by atoms with Crippen molar-refractivity contribution in [2.45, 2.75) is 38.1 Å². The van der Waals surface area contributed by atoms with Crippen molar-refractivity contribution >= 4 is 11.9 Å². The van der Waals surface area contributed by atoms with Crippen LogP contribution >= 0.6 is 0 Å². The summed E-state index contributed by atoms with van der Waals surface area (Å²) in [5, 5.41) is 6.12. The minimum Gasteiger partial charge on any atom is -0.354 e. The van der Waals surface area contributed by atoms with Crippen molar-refractivity contribution in [2.75, 3.05) is 11.9 Å². The number of benzene rings is 1. The number of nitrogens with one attached hydrogen (secondary N) is 2. The molecule has 24 heavy (non-hydrogen) atoms. The summed E-state index contributed by atoms with van der Waals surface area (Å²) < 4.78 is 12.9. The fourth-order valence-electron chi connectivity index (χ4n) is 2.87. The van der Waals surface area contributed by atoms with E-state index < -0.39 is 0 Å². The molecule has 126 valence electrons. The van der Waals surface area contributed by atoms with Gasteiger partial charge in [-0.15, -0.1) is 0 Å². The predicted octanol–water partition coefficient (Wildman–Crippen LogP) is 2.94. The van der Waals surface area contributed by atoms with Crippen molar-refractivity contribution in [2.24, 2.45) is 0 Å². The molecule has 0 atom stereocenters. The van der Waals surface area contributed by atoms with Gasteiger partial charge in [0.25, 0.3) is 5.91 Å². The molecular formula is C18H21FN4O. The molecule has 1 aromatic heterocycles. The van der Waals surface area contributed by atoms with Gasteiger partial charge in [0.05, 0.1) is 0 Å². The van der Waals surface area contributed by atoms with Crippen molar-refractivity contribution in [1.82, 2.24) is 15.3 Å². The molecule has 2 N–H and O–H groups in total. The molecule has 0 aliphatic heterocycles. The van der Waals surface area contributed by atoms with Crippen LogP contribution in [-0.2, 0) is 6.42 Å². The van der Waals surface area contributed by atoms with Crippen LogP contribution in [0.5, 0.6) is 0 Å². The molecule has 1 aliphatic rings. The van der Waals surface area contributed by atoms with Crippen LogP contribution < -0.4 is 10.6 Å². The lowest BCUT2D eigenvalue weighted by Gasteiger charge is -2.12. The van der Waals surface area contributed by atoms with Crippen LogP contribution in [0.25, 0.3) is 0 Å². The zero-order chi connectivity index (χ0) is 16.8. The highest BCUT2D eigenvalue weighted by molar-refractivity contribution is 5.92. The molecule has 3 rings (SSSR count). The molecule has 1 saturated carbocycles. The van der Waals surface area contributed by atoms with E-state index in [1.807, 2.05) is 0 Å². The molecule has 0 unspecified atom stereocenters. The molecule has 0 saturated heterocycles. The average molecular weight is 328 g/mol. The first kappa shape index (κ1) is 16.4. The second kappa shape index (κ2) is 7.86. The maximum atomic E-state index is 12.9. The highest BCUT2D eigenvalue weighted by Gasteiger charge is 2.18. The molecule has 1 amide bonds. The number of hydrogen-bond donors (Lipinski definition) is 2. The zero-order valence-electron chi connectivity index (χ0n) is 13.5. The smallest absolute Gasteiger partial charge is 0.270 e. The lowest BCUT2D eigenvalue weighted by Crippen LogP contribution is -2.33. The Morgan fingerprint density at radius 3 is 2.67 bits per heavy atom. The Hall–Kier alpha value is -2.50. The maximum Gasteiger partial charge on any atom is 0.270 e. The van der Waals surface area contributed by atoms with E-state index in [9.17, 15) is 9.18 Å². The number of amides is 1. The molecule has 1 aliphatic carbocycles. The minimum absolute atomic E-state index is 0.147. The fourth-order valence-corrected chi connectivity index (χ4v) is 2.87. The van der Waals surface area contributed by atoms with Crippen LogP contribution in [0.2, 0.25) is 0 Å². The summed E-state index contributed by atoms with van der Waals surface area (Å²) in [7, 11) is 0. The number of halogens is 1. The Kier molecular flexibility index (Phi) is 5.36. The van der Waals surface area contributed by atoms with E-state index in [4.69, 9.17) is 0 Å². The van der Waals surface area contributed by atoms with Gasteiger partial charge in [0.2, 0.25) is 5.95 Å². The van der Waals surface area contributed by atoms with Gasteiger partial charge in [0.15, 0.2) is 0 Å². The number of carbonyl (C=O) groups excluding carboxylic acids is 1. The molecule has 0 spiro atoms. The van der Waals surface area contributed by atoms with E-state index in [0.29, 0.717) is 18.2 Å². The summed E-state index contributed by atoms with van der Waals surface area (Å²) in [5.74, 6) is 0.0399. The second-order valence-electron chi connectivity index (χ2n) is 6.02. The molecule has 0 radical (unpaired) electrons. The Morgan fingerprint density at radius 1 is 1.17 bits per heavy atom. The number of anilines is 1. The minimum atomic E-state index is -0.240. The average Bonchev–Trinajstić information content (AvgIpc) is 3.10. The Bertz CT molecular complexity index is 684. The summed E-state index contributed by atoms with van der Waals surface area (Å²) in [4.78, 5) is 20.6. The van der Waals surface area contributed by atoms with Gasteiger partial charge in [-0.2, -0.15) is 0 Å². The first-order valence-electron chi connectivity index (χ1n) is 8.33. The van der Waals surface area contributed by atoms with E-state index in [0.717, 1.165) is 24.8 Å². The second-order valence-corrected chi connectivity index (χ2v) is 6.02. The fraction of sp³-hybridized carbons (Fsp3) is 0.389. The van der Waals surface area contributed by atoms with Crippen molar-refractivity contribution < 1.29 is 9.18 Å². The first-order chi connectivity index (χ1) is 11.7. The molecule has 1 aromatic carbocycles. The maximum absolute atomic E-state index is 12.9. The SMILES string of the molecule is O=C(NC1CCCC1)c1ccnc(NCCc2ccc(F)cc2)n1. The molecule has 0 bridgehead atoms. The van der Waals surface area contributed by atoms with Gasteiger partial charge in [-0.25, -0.2) is 14.4 Å². The quantitative estimate of drug-likeness (QED) is 0.855. The van der Waals surface area contributed by atoms with Gasteiger partial charge in [0, 0.05) is 18.8 Å². The van der Waals surface area contributed by atoms with Gasteiger partial charge >= 0.3 is 0 Å². The van der Waals surface area contributed by atoms with Crippen LogP contribution in [0.4, 0.5) is 10.3 Å². The first-order valence-corrected chi connectivity index (χ1v) is 8.33. The third-order valence-electron chi connectivity index (χ3n) is 4.19. The lowest BCUT2D eigenvalue weighted by molar-refractivity contribution is 0.0933. The van der Waals surface area contributed by atoms with E-state index in [1.54, 1.807) is 24.4 Å². The van der Waals surface area contributed by atoms with E-state index in [-0.39, 0.29) is 17.8 Å².